The SMILES string of the molecule is O=C(O)C(F)(F)F.O=C(O)C(F)(F)F.O=S(=O)(c1cccc(N2CCNCC2)c1)C1CC1. The van der Waals surface area contributed by atoms with Crippen LogP contribution in [0.1, 0.15) is 12.8 Å². The number of anilines is 1. The van der Waals surface area contributed by atoms with Gasteiger partial charge in [0.2, 0.25) is 0 Å². The minimum absolute atomic E-state index is 0.129. The molecule has 1 aromatic carbocycles. The zero-order chi connectivity index (χ0) is 24.7. The Morgan fingerprint density at radius 2 is 1.38 bits per heavy atom. The molecule has 2 fully saturated rings. The van der Waals surface area contributed by atoms with E-state index in [0.29, 0.717) is 4.90 Å². The zero-order valence-electron chi connectivity index (χ0n) is 16.3. The zero-order valence-corrected chi connectivity index (χ0v) is 17.1. The van der Waals surface area contributed by atoms with Crippen LogP contribution in [0.3, 0.4) is 0 Å². The van der Waals surface area contributed by atoms with E-state index in [-0.39, 0.29) is 5.25 Å². The summed E-state index contributed by atoms with van der Waals surface area (Å²) in [6.45, 7) is 3.79. The topological polar surface area (TPSA) is 124 Å². The quantitative estimate of drug-likeness (QED) is 0.547. The number of alkyl halides is 6. The summed E-state index contributed by atoms with van der Waals surface area (Å²) in [5, 5.41) is 17.4. The van der Waals surface area contributed by atoms with Crippen LogP contribution < -0.4 is 10.2 Å². The molecule has 1 aromatic rings. The highest BCUT2D eigenvalue weighted by Gasteiger charge is 2.39. The molecule has 3 rings (SSSR count). The van der Waals surface area contributed by atoms with Crippen LogP contribution in [0.2, 0.25) is 0 Å². The van der Waals surface area contributed by atoms with E-state index in [2.05, 4.69) is 10.2 Å². The Morgan fingerprint density at radius 3 is 1.75 bits per heavy atom. The molecule has 0 bridgehead atoms. The third kappa shape index (κ3) is 8.90. The third-order valence-electron chi connectivity index (χ3n) is 4.08. The summed E-state index contributed by atoms with van der Waals surface area (Å²) in [5.41, 5.74) is 1.03. The Kier molecular flexibility index (Phi) is 9.32. The number of hydrogen-bond acceptors (Lipinski definition) is 6. The normalized spacial score (nSPS) is 16.8. The lowest BCUT2D eigenvalue weighted by atomic mass is 10.2. The number of carbonyl (C=O) groups is 2. The standard InChI is InChI=1S/C13H18N2O2S.2C2HF3O2/c16-18(17,12-4-5-12)13-3-1-2-11(10-13)15-8-6-14-7-9-15;2*3-2(4,5)1(6)7/h1-3,10,12,14H,4-9H2;2*(H,6,7). The second kappa shape index (κ2) is 10.8. The lowest BCUT2D eigenvalue weighted by Gasteiger charge is -2.29. The molecule has 1 aliphatic carbocycles. The van der Waals surface area contributed by atoms with Crippen molar-refractivity contribution < 1.29 is 54.6 Å². The number of carboxylic acid groups (broad SMARTS) is 2. The molecular weight excluding hydrogens is 474 g/mol. The van der Waals surface area contributed by atoms with Crippen LogP contribution in [-0.2, 0) is 19.4 Å². The second-order valence-electron chi connectivity index (χ2n) is 6.58. The van der Waals surface area contributed by atoms with Gasteiger partial charge in [-0.1, -0.05) is 6.07 Å². The second-order valence-corrected chi connectivity index (χ2v) is 8.81. The summed E-state index contributed by atoms with van der Waals surface area (Å²) in [6, 6.07) is 7.40. The first-order valence-electron chi connectivity index (χ1n) is 8.96. The monoisotopic (exact) mass is 494 g/mol. The first-order valence-corrected chi connectivity index (χ1v) is 10.5. The number of sulfone groups is 1. The molecular formula is C17H20F6N2O6S. The highest BCUT2D eigenvalue weighted by molar-refractivity contribution is 7.92. The molecule has 0 spiro atoms. The first kappa shape index (κ1) is 27.5. The molecule has 182 valence electrons. The number of carboxylic acids is 2. The molecule has 0 amide bonds. The van der Waals surface area contributed by atoms with Crippen molar-refractivity contribution in [3.63, 3.8) is 0 Å². The van der Waals surface area contributed by atoms with Crippen molar-refractivity contribution in [1.82, 2.24) is 5.32 Å². The average Bonchev–Trinajstić information content (AvgIpc) is 3.54. The average molecular weight is 494 g/mol. The van der Waals surface area contributed by atoms with Gasteiger partial charge in [-0.05, 0) is 31.0 Å². The van der Waals surface area contributed by atoms with Gasteiger partial charge in [-0.25, -0.2) is 18.0 Å². The molecule has 1 heterocycles. The minimum Gasteiger partial charge on any atom is -0.475 e. The first-order chi connectivity index (χ1) is 14.6. The molecule has 0 unspecified atom stereocenters. The minimum atomic E-state index is -5.08. The molecule has 15 heteroatoms. The van der Waals surface area contributed by atoms with Gasteiger partial charge in [0.05, 0.1) is 10.1 Å². The molecule has 8 nitrogen and oxygen atoms in total. The molecule has 1 saturated heterocycles. The van der Waals surface area contributed by atoms with Crippen LogP contribution in [0.4, 0.5) is 32.0 Å². The van der Waals surface area contributed by atoms with E-state index in [9.17, 15) is 34.8 Å². The highest BCUT2D eigenvalue weighted by atomic mass is 32.2. The van der Waals surface area contributed by atoms with Crippen molar-refractivity contribution >= 4 is 27.5 Å². The maximum atomic E-state index is 12.2. The van der Waals surface area contributed by atoms with Crippen molar-refractivity contribution in [2.75, 3.05) is 31.1 Å². The molecule has 1 aliphatic heterocycles. The lowest BCUT2D eigenvalue weighted by Crippen LogP contribution is -2.43. The van der Waals surface area contributed by atoms with Crippen LogP contribution in [0.15, 0.2) is 29.2 Å². The van der Waals surface area contributed by atoms with Crippen molar-refractivity contribution in [2.45, 2.75) is 35.3 Å². The van der Waals surface area contributed by atoms with Gasteiger partial charge >= 0.3 is 24.3 Å². The largest absolute Gasteiger partial charge is 0.490 e. The Bertz CT molecular complexity index is 870. The molecule has 0 atom stereocenters. The highest BCUT2D eigenvalue weighted by Crippen LogP contribution is 2.34. The van der Waals surface area contributed by atoms with Gasteiger partial charge in [-0.2, -0.15) is 26.3 Å². The number of nitrogens with one attached hydrogen (secondary N) is 1. The number of rotatable bonds is 3. The molecule has 1 saturated carbocycles. The summed E-state index contributed by atoms with van der Waals surface area (Å²) in [6.07, 6.45) is -8.53. The van der Waals surface area contributed by atoms with Gasteiger partial charge in [0, 0.05) is 31.9 Å². The van der Waals surface area contributed by atoms with Crippen molar-refractivity contribution in [2.24, 2.45) is 0 Å². The fourth-order valence-electron chi connectivity index (χ4n) is 2.35. The van der Waals surface area contributed by atoms with Gasteiger partial charge < -0.3 is 20.4 Å². The van der Waals surface area contributed by atoms with E-state index in [1.54, 1.807) is 6.07 Å². The number of halogens is 6. The van der Waals surface area contributed by atoms with Gasteiger partial charge in [-0.15, -0.1) is 0 Å². The van der Waals surface area contributed by atoms with E-state index in [1.807, 2.05) is 18.2 Å². The fourth-order valence-corrected chi connectivity index (χ4v) is 4.05. The van der Waals surface area contributed by atoms with Crippen LogP contribution in [0, 0.1) is 0 Å². The summed E-state index contributed by atoms with van der Waals surface area (Å²) >= 11 is 0. The van der Waals surface area contributed by atoms with Gasteiger partial charge in [0.15, 0.2) is 9.84 Å². The predicted molar refractivity (Wildman–Crippen MR) is 99.1 cm³/mol. The Hall–Kier alpha value is -2.55. The predicted octanol–water partition coefficient (Wildman–Crippen LogP) is 2.30. The maximum absolute atomic E-state index is 12.2. The van der Waals surface area contributed by atoms with Crippen LogP contribution in [0.5, 0.6) is 0 Å². The number of nitrogens with zero attached hydrogens (tertiary/aromatic N) is 1. The number of hydrogen-bond donors (Lipinski definition) is 3. The van der Waals surface area contributed by atoms with Gasteiger partial charge in [0.1, 0.15) is 0 Å². The Labute approximate surface area is 178 Å². The van der Waals surface area contributed by atoms with Gasteiger partial charge in [-0.3, -0.25) is 0 Å². The lowest BCUT2D eigenvalue weighted by molar-refractivity contribution is -0.193. The fraction of sp³-hybridized carbons (Fsp3) is 0.529. The summed E-state index contributed by atoms with van der Waals surface area (Å²) in [5.74, 6) is -5.51. The van der Waals surface area contributed by atoms with E-state index in [4.69, 9.17) is 19.8 Å². The maximum Gasteiger partial charge on any atom is 0.490 e. The van der Waals surface area contributed by atoms with Crippen LogP contribution >= 0.6 is 0 Å². The Morgan fingerprint density at radius 1 is 0.938 bits per heavy atom. The molecule has 0 aromatic heterocycles. The molecule has 2 aliphatic rings. The van der Waals surface area contributed by atoms with E-state index in [0.717, 1.165) is 44.7 Å². The van der Waals surface area contributed by atoms with E-state index in [1.165, 1.54) is 0 Å². The number of benzene rings is 1. The number of aliphatic carboxylic acids is 2. The third-order valence-corrected chi connectivity index (χ3v) is 6.34. The summed E-state index contributed by atoms with van der Waals surface area (Å²) in [7, 11) is -3.07. The molecule has 0 radical (unpaired) electrons. The summed E-state index contributed by atoms with van der Waals surface area (Å²) < 4.78 is 87.9. The van der Waals surface area contributed by atoms with E-state index >= 15 is 0 Å². The van der Waals surface area contributed by atoms with Crippen LogP contribution in [-0.4, -0.2) is 74.4 Å². The van der Waals surface area contributed by atoms with E-state index < -0.39 is 34.1 Å². The molecule has 32 heavy (non-hydrogen) atoms. The number of piperazine rings is 1. The Balaban J connectivity index is 0.000000305. The van der Waals surface area contributed by atoms with Crippen molar-refractivity contribution in [1.29, 1.82) is 0 Å². The van der Waals surface area contributed by atoms with Crippen molar-refractivity contribution in [3.8, 4) is 0 Å². The van der Waals surface area contributed by atoms with Gasteiger partial charge in [0.25, 0.3) is 0 Å². The van der Waals surface area contributed by atoms with Crippen LogP contribution in [0.25, 0.3) is 0 Å². The summed E-state index contributed by atoms with van der Waals surface area (Å²) in [4.78, 5) is 20.5. The smallest absolute Gasteiger partial charge is 0.475 e. The molecule has 3 N–H and O–H groups in total. The van der Waals surface area contributed by atoms with Crippen molar-refractivity contribution in [3.05, 3.63) is 24.3 Å².